The molecule has 3 heteroatoms. The van der Waals surface area contributed by atoms with Gasteiger partial charge in [0.2, 0.25) is 5.91 Å². The van der Waals surface area contributed by atoms with E-state index >= 15 is 0 Å². The summed E-state index contributed by atoms with van der Waals surface area (Å²) in [7, 11) is 0. The van der Waals surface area contributed by atoms with E-state index in [2.05, 4.69) is 24.1 Å². The zero-order valence-corrected chi connectivity index (χ0v) is 8.05. The Bertz CT molecular complexity index is 166. The lowest BCUT2D eigenvalue weighted by Crippen LogP contribution is -2.53. The van der Waals surface area contributed by atoms with Crippen LogP contribution in [0.15, 0.2) is 0 Å². The van der Waals surface area contributed by atoms with E-state index in [1.165, 1.54) is 5.92 Å². The number of nitrogens with one attached hydrogen (secondary N) is 1. The minimum Gasteiger partial charge on any atom is -0.351 e. The molecule has 0 aromatic carbocycles. The fourth-order valence-corrected chi connectivity index (χ4v) is 1.59. The zero-order valence-electron chi connectivity index (χ0n) is 8.05. The highest BCUT2D eigenvalue weighted by molar-refractivity contribution is 5.79. The average Bonchev–Trinajstić information content (AvgIpc) is 1.81. The summed E-state index contributed by atoms with van der Waals surface area (Å²) in [5.41, 5.74) is 0. The molecule has 1 heterocycles. The van der Waals surface area contributed by atoms with Crippen LogP contribution in [0, 0.1) is 5.92 Å². The molecule has 0 aromatic rings. The van der Waals surface area contributed by atoms with E-state index in [1.807, 2.05) is 6.92 Å². The smallest absolute Gasteiger partial charge is 0.234 e. The first-order valence-corrected chi connectivity index (χ1v) is 4.38. The molecule has 1 unspecified atom stereocenters. The number of amides is 1. The van der Waals surface area contributed by atoms with Gasteiger partial charge in [0.05, 0.1) is 6.54 Å². The predicted octanol–water partition coefficient (Wildman–Crippen LogP) is 0.421. The number of rotatable bonds is 2. The molecule has 0 bridgehead atoms. The Morgan fingerprint density at radius 1 is 1.67 bits per heavy atom. The van der Waals surface area contributed by atoms with Crippen LogP contribution in [-0.4, -0.2) is 36.5 Å². The van der Waals surface area contributed by atoms with Gasteiger partial charge in [0.25, 0.3) is 0 Å². The normalized spacial score (nSPS) is 26.0. The van der Waals surface area contributed by atoms with Crippen molar-refractivity contribution in [3.63, 3.8) is 0 Å². The molecule has 1 atom stereocenters. The van der Waals surface area contributed by atoms with E-state index in [0.29, 0.717) is 12.6 Å². The molecule has 1 aliphatic rings. The summed E-state index contributed by atoms with van der Waals surface area (Å²) < 4.78 is 0. The molecule has 1 radical (unpaired) electrons. The molecule has 0 aliphatic carbocycles. The zero-order chi connectivity index (χ0) is 9.14. The summed E-state index contributed by atoms with van der Waals surface area (Å²) in [6.45, 7) is 8.69. The Labute approximate surface area is 74.1 Å². The first-order valence-electron chi connectivity index (χ1n) is 4.38. The van der Waals surface area contributed by atoms with Gasteiger partial charge in [-0.3, -0.25) is 9.69 Å². The Morgan fingerprint density at radius 3 is 2.83 bits per heavy atom. The predicted molar refractivity (Wildman–Crippen MR) is 48.6 cm³/mol. The number of hydrogen-bond acceptors (Lipinski definition) is 2. The van der Waals surface area contributed by atoms with Crippen molar-refractivity contribution in [1.29, 1.82) is 0 Å². The molecule has 0 spiro atoms. The van der Waals surface area contributed by atoms with Crippen LogP contribution in [0.3, 0.4) is 0 Å². The Kier molecular flexibility index (Phi) is 3.09. The lowest BCUT2D eigenvalue weighted by Gasteiger charge is -2.31. The van der Waals surface area contributed by atoms with Gasteiger partial charge in [-0.25, -0.2) is 0 Å². The van der Waals surface area contributed by atoms with Crippen molar-refractivity contribution < 1.29 is 4.79 Å². The molecule has 1 N–H and O–H groups in total. The lowest BCUT2D eigenvalue weighted by molar-refractivity contribution is -0.125. The Balaban J connectivity index is 2.39. The van der Waals surface area contributed by atoms with Crippen LogP contribution in [-0.2, 0) is 4.79 Å². The van der Waals surface area contributed by atoms with E-state index in [9.17, 15) is 4.79 Å². The van der Waals surface area contributed by atoms with Crippen molar-refractivity contribution in [1.82, 2.24) is 10.2 Å². The fourth-order valence-electron chi connectivity index (χ4n) is 1.59. The molecular formula is C9H17N2O. The van der Waals surface area contributed by atoms with E-state index in [1.54, 1.807) is 0 Å². The number of carbonyl (C=O) groups is 1. The minimum atomic E-state index is 0.148. The monoisotopic (exact) mass is 169 g/mol. The molecule has 1 fully saturated rings. The van der Waals surface area contributed by atoms with E-state index in [0.717, 1.165) is 13.1 Å². The highest BCUT2D eigenvalue weighted by Gasteiger charge is 2.21. The second kappa shape index (κ2) is 3.90. The maximum absolute atomic E-state index is 11.1. The Morgan fingerprint density at radius 2 is 2.33 bits per heavy atom. The van der Waals surface area contributed by atoms with Crippen LogP contribution in [0.1, 0.15) is 20.8 Å². The van der Waals surface area contributed by atoms with Crippen molar-refractivity contribution in [2.45, 2.75) is 26.8 Å². The van der Waals surface area contributed by atoms with Gasteiger partial charge in [-0.1, -0.05) is 13.8 Å². The summed E-state index contributed by atoms with van der Waals surface area (Å²) in [6.07, 6.45) is 0. The Hall–Kier alpha value is -0.570. The second-order valence-corrected chi connectivity index (χ2v) is 3.85. The summed E-state index contributed by atoms with van der Waals surface area (Å²) in [6, 6.07) is 0.297. The summed E-state index contributed by atoms with van der Waals surface area (Å²) in [4.78, 5) is 13.3. The molecule has 1 amide bonds. The van der Waals surface area contributed by atoms with E-state index in [4.69, 9.17) is 0 Å². The molecule has 12 heavy (non-hydrogen) atoms. The molecule has 3 nitrogen and oxygen atoms in total. The van der Waals surface area contributed by atoms with Crippen LogP contribution in [0.2, 0.25) is 0 Å². The fraction of sp³-hybridized carbons (Fsp3) is 0.778. The molecule has 0 saturated carbocycles. The van der Waals surface area contributed by atoms with Crippen molar-refractivity contribution >= 4 is 5.91 Å². The highest BCUT2D eigenvalue weighted by atomic mass is 16.2. The van der Waals surface area contributed by atoms with Gasteiger partial charge >= 0.3 is 0 Å². The lowest BCUT2D eigenvalue weighted by atomic mass is 10.1. The minimum absolute atomic E-state index is 0.148. The van der Waals surface area contributed by atoms with Gasteiger partial charge in [-0.2, -0.15) is 0 Å². The standard InChI is InChI=1S/C9H17N2O/c1-7(2)4-11-5-8(3)10-9(12)6-11/h8H,4-6H2,1-3H3,(H,10,12). The van der Waals surface area contributed by atoms with Crippen LogP contribution in [0.5, 0.6) is 0 Å². The topological polar surface area (TPSA) is 32.3 Å². The number of carbonyl (C=O) groups excluding carboxylic acids is 1. The first-order chi connectivity index (χ1) is 5.58. The number of hydrogen-bond donors (Lipinski definition) is 1. The highest BCUT2D eigenvalue weighted by Crippen LogP contribution is 2.04. The third-order valence-corrected chi connectivity index (χ3v) is 1.85. The molecule has 1 aliphatic heterocycles. The summed E-state index contributed by atoms with van der Waals surface area (Å²) in [5.74, 6) is 1.51. The van der Waals surface area contributed by atoms with E-state index < -0.39 is 0 Å². The van der Waals surface area contributed by atoms with Gasteiger partial charge in [-0.05, 0) is 12.8 Å². The molecule has 1 saturated heterocycles. The van der Waals surface area contributed by atoms with Crippen molar-refractivity contribution in [2.24, 2.45) is 0 Å². The maximum atomic E-state index is 11.1. The van der Waals surface area contributed by atoms with E-state index in [-0.39, 0.29) is 5.91 Å². The van der Waals surface area contributed by atoms with Gasteiger partial charge in [0.15, 0.2) is 0 Å². The van der Waals surface area contributed by atoms with Gasteiger partial charge in [0, 0.05) is 19.1 Å². The average molecular weight is 169 g/mol. The third kappa shape index (κ3) is 2.81. The summed E-state index contributed by atoms with van der Waals surface area (Å²) in [5, 5.41) is 2.89. The van der Waals surface area contributed by atoms with Gasteiger partial charge in [0.1, 0.15) is 0 Å². The molecule has 0 aromatic heterocycles. The second-order valence-electron chi connectivity index (χ2n) is 3.85. The van der Waals surface area contributed by atoms with Crippen LogP contribution >= 0.6 is 0 Å². The van der Waals surface area contributed by atoms with Gasteiger partial charge in [-0.15, -0.1) is 0 Å². The van der Waals surface area contributed by atoms with Gasteiger partial charge < -0.3 is 5.32 Å². The van der Waals surface area contributed by atoms with Crippen LogP contribution in [0.25, 0.3) is 0 Å². The largest absolute Gasteiger partial charge is 0.351 e. The number of nitrogens with zero attached hydrogens (tertiary/aromatic N) is 1. The molecular weight excluding hydrogens is 152 g/mol. The number of piperazine rings is 1. The molecule has 1 rings (SSSR count). The first kappa shape index (κ1) is 9.52. The quantitative estimate of drug-likeness (QED) is 0.650. The summed E-state index contributed by atoms with van der Waals surface area (Å²) >= 11 is 0. The SMILES string of the molecule is C[C](C)CN1CC(=O)NC(C)C1. The maximum Gasteiger partial charge on any atom is 0.234 e. The third-order valence-electron chi connectivity index (χ3n) is 1.85. The van der Waals surface area contributed by atoms with Crippen molar-refractivity contribution in [3.8, 4) is 0 Å². The van der Waals surface area contributed by atoms with Crippen molar-refractivity contribution in [3.05, 3.63) is 5.92 Å². The van der Waals surface area contributed by atoms with Crippen molar-refractivity contribution in [2.75, 3.05) is 19.6 Å². The molecule has 69 valence electrons. The van der Waals surface area contributed by atoms with Crippen LogP contribution < -0.4 is 5.32 Å². The van der Waals surface area contributed by atoms with Crippen LogP contribution in [0.4, 0.5) is 0 Å².